The normalized spacial score (nSPS) is 9.88. The summed E-state index contributed by atoms with van der Waals surface area (Å²) in [4.78, 5) is 37.9. The number of nitro benzene ring substituents is 4. The molecule has 0 saturated carbocycles. The zero-order valence-electron chi connectivity index (χ0n) is 15.6. The predicted octanol–water partition coefficient (Wildman–Crippen LogP) is 3.01. The molecule has 1 heterocycles. The minimum atomic E-state index is -1.21. The lowest BCUT2D eigenvalue weighted by atomic mass is 10.1. The first kappa shape index (κ1) is 23.1. The number of hydrogen-bond acceptors (Lipinski definition) is 10. The second-order valence-corrected chi connectivity index (χ2v) is 5.82. The fourth-order valence-corrected chi connectivity index (χ4v) is 2.40. The summed E-state index contributed by atoms with van der Waals surface area (Å²) in [5.74, 6) is -1.21. The van der Waals surface area contributed by atoms with Gasteiger partial charge in [-0.05, 0) is 12.1 Å². The van der Waals surface area contributed by atoms with Crippen LogP contribution in [0.4, 0.5) is 22.7 Å². The standard InChI is InChI=1S/C11H8N2O3.C6H3N3O7/c14-12-7-2-1-6-11(12)9-4-3-5-10(8-9)13(15)16;10-6-4(8(13)14)1-3(7(11)12)2-5(6)9(15)16/h1-8H;1-2,10H. The lowest BCUT2D eigenvalue weighted by molar-refractivity contribution is -0.593. The molecule has 0 fully saturated rings. The third-order valence-electron chi connectivity index (χ3n) is 3.84. The van der Waals surface area contributed by atoms with Crippen molar-refractivity contribution in [3.8, 4) is 17.0 Å². The molecule has 0 saturated heterocycles. The van der Waals surface area contributed by atoms with Gasteiger partial charge in [0.15, 0.2) is 6.20 Å². The van der Waals surface area contributed by atoms with Gasteiger partial charge >= 0.3 is 11.4 Å². The van der Waals surface area contributed by atoms with Crippen molar-refractivity contribution in [2.75, 3.05) is 0 Å². The van der Waals surface area contributed by atoms with Crippen LogP contribution >= 0.6 is 0 Å². The maximum atomic E-state index is 11.4. The van der Waals surface area contributed by atoms with Crippen LogP contribution < -0.4 is 4.73 Å². The van der Waals surface area contributed by atoms with Gasteiger partial charge in [-0.2, -0.15) is 4.73 Å². The second kappa shape index (κ2) is 9.53. The summed E-state index contributed by atoms with van der Waals surface area (Å²) in [5, 5.41) is 62.3. The van der Waals surface area contributed by atoms with E-state index >= 15 is 0 Å². The highest BCUT2D eigenvalue weighted by Gasteiger charge is 2.30. The Hall–Kier alpha value is -5.21. The third kappa shape index (κ3) is 5.23. The Morgan fingerprint density at radius 3 is 1.72 bits per heavy atom. The molecule has 1 N–H and O–H groups in total. The molecule has 0 spiro atoms. The molecule has 1 aromatic heterocycles. The molecule has 0 radical (unpaired) electrons. The molecule has 164 valence electrons. The van der Waals surface area contributed by atoms with E-state index in [2.05, 4.69) is 0 Å². The van der Waals surface area contributed by atoms with Crippen LogP contribution in [0.25, 0.3) is 11.3 Å². The van der Waals surface area contributed by atoms with Gasteiger partial charge in [0.25, 0.3) is 17.1 Å². The Morgan fingerprint density at radius 2 is 1.25 bits per heavy atom. The zero-order valence-corrected chi connectivity index (χ0v) is 15.6. The van der Waals surface area contributed by atoms with Gasteiger partial charge in [-0.15, -0.1) is 0 Å². The van der Waals surface area contributed by atoms with E-state index in [1.807, 2.05) is 0 Å². The molecule has 0 atom stereocenters. The molecule has 0 amide bonds. The number of phenolic OH excluding ortho intramolecular Hbond substituents is 1. The number of nitrogens with zero attached hydrogens (tertiary/aromatic N) is 5. The predicted molar refractivity (Wildman–Crippen MR) is 106 cm³/mol. The van der Waals surface area contributed by atoms with E-state index in [4.69, 9.17) is 5.11 Å². The lowest BCUT2D eigenvalue weighted by Gasteiger charge is -2.03. The van der Waals surface area contributed by atoms with Crippen LogP contribution in [0.5, 0.6) is 5.75 Å². The van der Waals surface area contributed by atoms with Crippen LogP contribution in [0.1, 0.15) is 0 Å². The molecule has 15 heteroatoms. The van der Waals surface area contributed by atoms with Gasteiger partial charge < -0.3 is 10.3 Å². The summed E-state index contributed by atoms with van der Waals surface area (Å²) in [5.41, 5.74) is -2.10. The van der Waals surface area contributed by atoms with Crippen molar-refractivity contribution >= 4 is 22.7 Å². The van der Waals surface area contributed by atoms with Crippen LogP contribution in [0, 0.1) is 45.7 Å². The molecule has 3 aromatic rings. The molecule has 0 aliphatic rings. The number of aromatic hydroxyl groups is 1. The first-order valence-corrected chi connectivity index (χ1v) is 8.26. The molecule has 3 rings (SSSR count). The Morgan fingerprint density at radius 1 is 0.688 bits per heavy atom. The molecule has 15 nitrogen and oxygen atoms in total. The van der Waals surface area contributed by atoms with Crippen molar-refractivity contribution < 1.29 is 29.5 Å². The van der Waals surface area contributed by atoms with E-state index in [0.29, 0.717) is 28.1 Å². The summed E-state index contributed by atoms with van der Waals surface area (Å²) in [6.45, 7) is 0. The lowest BCUT2D eigenvalue weighted by Crippen LogP contribution is -2.27. The molecule has 0 aliphatic heterocycles. The quantitative estimate of drug-likeness (QED) is 0.261. The van der Waals surface area contributed by atoms with Gasteiger partial charge in [0.1, 0.15) is 0 Å². The Kier molecular flexibility index (Phi) is 6.87. The van der Waals surface area contributed by atoms with Crippen LogP contribution in [0.3, 0.4) is 0 Å². The summed E-state index contributed by atoms with van der Waals surface area (Å²) in [7, 11) is 0. The van der Waals surface area contributed by atoms with Gasteiger partial charge in [-0.3, -0.25) is 40.5 Å². The summed E-state index contributed by atoms with van der Waals surface area (Å²) in [6.07, 6.45) is 1.36. The van der Waals surface area contributed by atoms with E-state index in [1.54, 1.807) is 30.3 Å². The Balaban J connectivity index is 0.000000227. The average molecular weight is 445 g/mol. The molecule has 32 heavy (non-hydrogen) atoms. The maximum absolute atomic E-state index is 11.4. The molecular formula is C17H11N5O10. The highest BCUT2D eigenvalue weighted by molar-refractivity contribution is 5.64. The molecular weight excluding hydrogens is 434 g/mol. The Bertz CT molecular complexity index is 1190. The molecule has 0 aliphatic carbocycles. The SMILES string of the molecule is O=[N+]([O-])c1cc([N+](=O)[O-])c(O)c([N+](=O)[O-])c1.O=[N+]([O-])c1cccc(-c2cccc[n+]2[O-])c1. The summed E-state index contributed by atoms with van der Waals surface area (Å²) in [6, 6.07) is 11.8. The van der Waals surface area contributed by atoms with Crippen molar-refractivity contribution in [1.82, 2.24) is 0 Å². The Labute approximate surface area is 176 Å². The zero-order chi connectivity index (χ0) is 24.0. The van der Waals surface area contributed by atoms with Crippen molar-refractivity contribution in [3.05, 3.63) is 106 Å². The number of rotatable bonds is 5. The minimum Gasteiger partial charge on any atom is -0.618 e. The number of benzene rings is 2. The number of phenols is 1. The van der Waals surface area contributed by atoms with E-state index < -0.39 is 42.5 Å². The van der Waals surface area contributed by atoms with E-state index in [0.717, 1.165) is 0 Å². The summed E-state index contributed by atoms with van der Waals surface area (Å²) < 4.78 is 0.680. The second-order valence-electron chi connectivity index (χ2n) is 5.82. The fourth-order valence-electron chi connectivity index (χ4n) is 2.40. The van der Waals surface area contributed by atoms with E-state index in [1.165, 1.54) is 18.3 Å². The topological polar surface area (TPSA) is 220 Å². The number of aromatic nitrogens is 1. The van der Waals surface area contributed by atoms with Gasteiger partial charge in [0.2, 0.25) is 5.69 Å². The van der Waals surface area contributed by atoms with Crippen LogP contribution in [0.15, 0.2) is 60.8 Å². The largest absolute Gasteiger partial charge is 0.618 e. The van der Waals surface area contributed by atoms with Crippen LogP contribution in [-0.2, 0) is 0 Å². The monoisotopic (exact) mass is 445 g/mol. The van der Waals surface area contributed by atoms with Crippen molar-refractivity contribution in [2.24, 2.45) is 0 Å². The van der Waals surface area contributed by atoms with Gasteiger partial charge in [-0.25, -0.2) is 0 Å². The third-order valence-corrected chi connectivity index (χ3v) is 3.84. The molecule has 0 unspecified atom stereocenters. The first-order chi connectivity index (χ1) is 15.0. The van der Waals surface area contributed by atoms with Crippen LogP contribution in [0.2, 0.25) is 0 Å². The first-order valence-electron chi connectivity index (χ1n) is 8.26. The van der Waals surface area contributed by atoms with Gasteiger partial charge in [0, 0.05) is 24.3 Å². The fraction of sp³-hybridized carbons (Fsp3) is 0. The maximum Gasteiger partial charge on any atom is 0.324 e. The minimum absolute atomic E-state index is 0.0265. The van der Waals surface area contributed by atoms with E-state index in [-0.39, 0.29) is 5.69 Å². The number of non-ortho nitro benzene ring substituents is 2. The molecule has 0 bridgehead atoms. The van der Waals surface area contributed by atoms with Crippen molar-refractivity contribution in [2.45, 2.75) is 0 Å². The number of nitro groups is 4. The number of pyridine rings is 1. The van der Waals surface area contributed by atoms with Crippen LogP contribution in [-0.4, -0.2) is 24.8 Å². The number of hydrogen-bond donors (Lipinski definition) is 1. The molecule has 2 aromatic carbocycles. The average Bonchev–Trinajstić information content (AvgIpc) is 2.74. The highest BCUT2D eigenvalue weighted by Crippen LogP contribution is 2.38. The van der Waals surface area contributed by atoms with E-state index in [9.17, 15) is 45.7 Å². The van der Waals surface area contributed by atoms with Gasteiger partial charge in [0.05, 0.1) is 37.4 Å². The smallest absolute Gasteiger partial charge is 0.324 e. The highest BCUT2D eigenvalue weighted by atomic mass is 16.6. The van der Waals surface area contributed by atoms with Crippen molar-refractivity contribution in [1.29, 1.82) is 0 Å². The van der Waals surface area contributed by atoms with Crippen molar-refractivity contribution in [3.63, 3.8) is 0 Å². The summed E-state index contributed by atoms with van der Waals surface area (Å²) >= 11 is 0. The van der Waals surface area contributed by atoms with Gasteiger partial charge in [-0.1, -0.05) is 6.07 Å².